The molecule has 0 spiro atoms. The van der Waals surface area contributed by atoms with Gasteiger partial charge in [0.05, 0.1) is 18.4 Å². The van der Waals surface area contributed by atoms with Crippen LogP contribution in [0.2, 0.25) is 0 Å². The highest BCUT2D eigenvalue weighted by Crippen LogP contribution is 2.20. The van der Waals surface area contributed by atoms with Crippen LogP contribution in [-0.2, 0) is 13.1 Å². The fraction of sp³-hybridized carbons (Fsp3) is 0.105. The number of amides is 1. The zero-order valence-electron chi connectivity index (χ0n) is 12.8. The molecule has 24 heavy (non-hydrogen) atoms. The van der Waals surface area contributed by atoms with Gasteiger partial charge in [-0.2, -0.15) is 0 Å². The summed E-state index contributed by atoms with van der Waals surface area (Å²) in [6, 6.07) is 17.5. The molecule has 3 aromatic rings. The minimum atomic E-state index is -0.541. The highest BCUT2D eigenvalue weighted by Gasteiger charge is 2.21. The van der Waals surface area contributed by atoms with Crippen LogP contribution >= 0.6 is 15.9 Å². The van der Waals surface area contributed by atoms with Crippen LogP contribution in [0.1, 0.15) is 21.7 Å². The Balaban J connectivity index is 1.90. The van der Waals surface area contributed by atoms with Crippen molar-refractivity contribution in [3.8, 4) is 0 Å². The summed E-state index contributed by atoms with van der Waals surface area (Å²) < 4.78 is 20.1. The Bertz CT molecular complexity index is 819. The smallest absolute Gasteiger partial charge is 0.257 e. The predicted molar refractivity (Wildman–Crippen MR) is 92.8 cm³/mol. The van der Waals surface area contributed by atoms with E-state index in [-0.39, 0.29) is 18.0 Å². The molecular weight excluding hydrogens is 373 g/mol. The third-order valence-electron chi connectivity index (χ3n) is 3.59. The number of carbonyl (C=O) groups excluding carboxylic acids is 1. The quantitative estimate of drug-likeness (QED) is 0.615. The number of rotatable bonds is 5. The molecule has 2 aromatic carbocycles. The zero-order valence-corrected chi connectivity index (χ0v) is 14.4. The van der Waals surface area contributed by atoms with Crippen molar-refractivity contribution < 1.29 is 13.6 Å². The van der Waals surface area contributed by atoms with Crippen LogP contribution < -0.4 is 0 Å². The highest BCUT2D eigenvalue weighted by atomic mass is 79.9. The summed E-state index contributed by atoms with van der Waals surface area (Å²) in [6.45, 7) is 0.638. The van der Waals surface area contributed by atoms with Crippen molar-refractivity contribution in [1.29, 1.82) is 0 Å². The molecule has 0 fully saturated rings. The maximum atomic E-state index is 14.1. The maximum Gasteiger partial charge on any atom is 0.257 e. The molecule has 1 heterocycles. The van der Waals surface area contributed by atoms with Gasteiger partial charge in [-0.1, -0.05) is 46.3 Å². The van der Waals surface area contributed by atoms with Crippen LogP contribution in [-0.4, -0.2) is 10.8 Å². The van der Waals surface area contributed by atoms with Gasteiger partial charge in [0.1, 0.15) is 11.6 Å². The summed E-state index contributed by atoms with van der Waals surface area (Å²) in [5, 5.41) is 0. The molecule has 0 aliphatic rings. The molecule has 0 bridgehead atoms. The van der Waals surface area contributed by atoms with Gasteiger partial charge in [0.15, 0.2) is 0 Å². The number of hydrogen-bond donors (Lipinski definition) is 0. The molecular formula is C19H15BrFNO2. The van der Waals surface area contributed by atoms with Gasteiger partial charge >= 0.3 is 0 Å². The number of furan rings is 1. The van der Waals surface area contributed by atoms with E-state index in [2.05, 4.69) is 15.9 Å². The van der Waals surface area contributed by atoms with Crippen molar-refractivity contribution in [2.45, 2.75) is 13.1 Å². The standard InChI is InChI=1S/C19H15BrFNO2/c20-15-8-9-18(21)17(11-15)19(23)22(13-16-7-4-10-24-16)12-14-5-2-1-3-6-14/h1-11H,12-13H2. The number of benzene rings is 2. The van der Waals surface area contributed by atoms with E-state index in [0.717, 1.165) is 5.56 Å². The van der Waals surface area contributed by atoms with Gasteiger partial charge in [-0.25, -0.2) is 4.39 Å². The summed E-state index contributed by atoms with van der Waals surface area (Å²) >= 11 is 3.29. The highest BCUT2D eigenvalue weighted by molar-refractivity contribution is 9.10. The van der Waals surface area contributed by atoms with E-state index in [1.807, 2.05) is 30.3 Å². The van der Waals surface area contributed by atoms with E-state index in [9.17, 15) is 9.18 Å². The lowest BCUT2D eigenvalue weighted by molar-refractivity contribution is 0.0713. The van der Waals surface area contributed by atoms with E-state index < -0.39 is 5.82 Å². The minimum Gasteiger partial charge on any atom is -0.467 e. The monoisotopic (exact) mass is 387 g/mol. The minimum absolute atomic E-state index is 0.0341. The first-order valence-electron chi connectivity index (χ1n) is 7.44. The number of nitrogens with zero attached hydrogens (tertiary/aromatic N) is 1. The molecule has 0 aliphatic heterocycles. The van der Waals surface area contributed by atoms with E-state index in [0.29, 0.717) is 16.8 Å². The molecule has 122 valence electrons. The molecule has 0 radical (unpaired) electrons. The zero-order chi connectivity index (χ0) is 16.9. The Hall–Kier alpha value is -2.40. The van der Waals surface area contributed by atoms with E-state index in [4.69, 9.17) is 4.42 Å². The van der Waals surface area contributed by atoms with Crippen LogP contribution in [0.3, 0.4) is 0 Å². The fourth-order valence-corrected chi connectivity index (χ4v) is 2.79. The lowest BCUT2D eigenvalue weighted by Gasteiger charge is -2.22. The summed E-state index contributed by atoms with van der Waals surface area (Å²) in [5.74, 6) is -0.274. The van der Waals surface area contributed by atoms with Gasteiger partial charge in [-0.15, -0.1) is 0 Å². The first kappa shape index (κ1) is 16.5. The fourth-order valence-electron chi connectivity index (χ4n) is 2.43. The molecule has 0 aliphatic carbocycles. The lowest BCUT2D eigenvalue weighted by Crippen LogP contribution is -2.30. The normalized spacial score (nSPS) is 10.6. The van der Waals surface area contributed by atoms with Crippen LogP contribution in [0.4, 0.5) is 4.39 Å². The first-order chi connectivity index (χ1) is 11.6. The Morgan fingerprint density at radius 3 is 2.54 bits per heavy atom. The van der Waals surface area contributed by atoms with Crippen LogP contribution in [0.25, 0.3) is 0 Å². The molecule has 0 N–H and O–H groups in total. The largest absolute Gasteiger partial charge is 0.467 e. The Labute approximate surface area is 147 Å². The van der Waals surface area contributed by atoms with Gasteiger partial charge in [0.2, 0.25) is 0 Å². The third kappa shape index (κ3) is 3.92. The van der Waals surface area contributed by atoms with Crippen molar-refractivity contribution in [2.75, 3.05) is 0 Å². The second kappa shape index (κ2) is 7.45. The topological polar surface area (TPSA) is 33.5 Å². The molecule has 1 aromatic heterocycles. The van der Waals surface area contributed by atoms with Crippen molar-refractivity contribution in [2.24, 2.45) is 0 Å². The summed E-state index contributed by atoms with van der Waals surface area (Å²) in [7, 11) is 0. The number of hydrogen-bond acceptors (Lipinski definition) is 2. The second-order valence-electron chi connectivity index (χ2n) is 5.35. The van der Waals surface area contributed by atoms with Crippen molar-refractivity contribution in [3.63, 3.8) is 0 Å². The molecule has 1 amide bonds. The van der Waals surface area contributed by atoms with Crippen molar-refractivity contribution >= 4 is 21.8 Å². The summed E-state index contributed by atoms with van der Waals surface area (Å²) in [5.41, 5.74) is 1.000. The number of carbonyl (C=O) groups is 1. The summed E-state index contributed by atoms with van der Waals surface area (Å²) in [4.78, 5) is 14.4. The third-order valence-corrected chi connectivity index (χ3v) is 4.08. The van der Waals surface area contributed by atoms with Crippen molar-refractivity contribution in [1.82, 2.24) is 4.90 Å². The molecule has 3 rings (SSSR count). The van der Waals surface area contributed by atoms with Crippen LogP contribution in [0.15, 0.2) is 75.8 Å². The van der Waals surface area contributed by atoms with E-state index in [1.54, 1.807) is 29.4 Å². The SMILES string of the molecule is O=C(c1cc(Br)ccc1F)N(Cc1ccccc1)Cc1ccco1. The van der Waals surface area contributed by atoms with E-state index in [1.165, 1.54) is 12.1 Å². The lowest BCUT2D eigenvalue weighted by atomic mass is 10.1. The Morgan fingerprint density at radius 2 is 1.83 bits per heavy atom. The average molecular weight is 388 g/mol. The Morgan fingerprint density at radius 1 is 1.04 bits per heavy atom. The number of halogens is 2. The van der Waals surface area contributed by atoms with Crippen molar-refractivity contribution in [3.05, 3.63) is 94.1 Å². The summed E-state index contributed by atoms with van der Waals surface area (Å²) in [6.07, 6.45) is 1.56. The Kier molecular flexibility index (Phi) is 5.11. The maximum absolute atomic E-state index is 14.1. The molecule has 3 nitrogen and oxygen atoms in total. The molecule has 0 saturated heterocycles. The second-order valence-corrected chi connectivity index (χ2v) is 6.27. The first-order valence-corrected chi connectivity index (χ1v) is 8.23. The van der Waals surface area contributed by atoms with Gasteiger partial charge in [-0.3, -0.25) is 4.79 Å². The van der Waals surface area contributed by atoms with Gasteiger partial charge in [0.25, 0.3) is 5.91 Å². The van der Waals surface area contributed by atoms with Crippen LogP contribution in [0, 0.1) is 5.82 Å². The van der Waals surface area contributed by atoms with Gasteiger partial charge in [0, 0.05) is 11.0 Å². The van der Waals surface area contributed by atoms with Gasteiger partial charge in [-0.05, 0) is 35.9 Å². The van der Waals surface area contributed by atoms with E-state index >= 15 is 0 Å². The molecule has 5 heteroatoms. The molecule has 0 saturated carbocycles. The van der Waals surface area contributed by atoms with Crippen LogP contribution in [0.5, 0.6) is 0 Å². The average Bonchev–Trinajstić information content (AvgIpc) is 3.10. The molecule has 0 atom stereocenters. The van der Waals surface area contributed by atoms with Gasteiger partial charge < -0.3 is 9.32 Å². The molecule has 0 unspecified atom stereocenters. The predicted octanol–water partition coefficient (Wildman–Crippen LogP) is 5.02.